The lowest BCUT2D eigenvalue weighted by molar-refractivity contribution is -0.134. The highest BCUT2D eigenvalue weighted by Gasteiger charge is 2.01. The van der Waals surface area contributed by atoms with Crippen LogP contribution in [-0.4, -0.2) is 13.1 Å². The molecule has 0 amide bonds. The Morgan fingerprint density at radius 3 is 2.50 bits per heavy atom. The van der Waals surface area contributed by atoms with Crippen molar-refractivity contribution in [1.29, 1.82) is 0 Å². The topological polar surface area (TPSA) is 26.3 Å². The van der Waals surface area contributed by atoms with E-state index in [-0.39, 0.29) is 5.97 Å². The van der Waals surface area contributed by atoms with Gasteiger partial charge in [0.2, 0.25) is 0 Å². The predicted molar refractivity (Wildman–Crippen MR) is 56.7 cm³/mol. The van der Waals surface area contributed by atoms with Crippen LogP contribution in [0, 0.1) is 0 Å². The number of rotatable bonds is 3. The average molecular weight is 190 g/mol. The summed E-state index contributed by atoms with van der Waals surface area (Å²) >= 11 is 0. The molecule has 2 heteroatoms. The molecule has 0 fully saturated rings. The highest BCUT2D eigenvalue weighted by molar-refractivity contribution is 5.91. The minimum absolute atomic E-state index is 0.300. The fourth-order valence-corrected chi connectivity index (χ4v) is 1.24. The average Bonchev–Trinajstić information content (AvgIpc) is 2.26. The SMILES string of the molecule is CC/C(=C/C(=O)OC)c1ccccc1. The summed E-state index contributed by atoms with van der Waals surface area (Å²) in [5.41, 5.74) is 2.07. The van der Waals surface area contributed by atoms with Crippen LogP contribution in [0.15, 0.2) is 36.4 Å². The van der Waals surface area contributed by atoms with Gasteiger partial charge in [0.05, 0.1) is 7.11 Å². The Morgan fingerprint density at radius 2 is 2.00 bits per heavy atom. The molecular weight excluding hydrogens is 176 g/mol. The molecule has 1 rings (SSSR count). The van der Waals surface area contributed by atoms with Crippen LogP contribution in [0.2, 0.25) is 0 Å². The van der Waals surface area contributed by atoms with Crippen LogP contribution in [0.5, 0.6) is 0 Å². The van der Waals surface area contributed by atoms with Crippen LogP contribution in [-0.2, 0) is 9.53 Å². The molecule has 0 radical (unpaired) electrons. The van der Waals surface area contributed by atoms with Gasteiger partial charge in [-0.3, -0.25) is 0 Å². The first-order valence-corrected chi connectivity index (χ1v) is 4.62. The van der Waals surface area contributed by atoms with Crippen molar-refractivity contribution in [2.45, 2.75) is 13.3 Å². The summed E-state index contributed by atoms with van der Waals surface area (Å²) in [7, 11) is 1.39. The lowest BCUT2D eigenvalue weighted by atomic mass is 10.0. The summed E-state index contributed by atoms with van der Waals surface area (Å²) in [6.07, 6.45) is 2.36. The van der Waals surface area contributed by atoms with Crippen molar-refractivity contribution in [2.24, 2.45) is 0 Å². The molecule has 0 aromatic heterocycles. The molecule has 0 heterocycles. The molecule has 0 saturated carbocycles. The van der Waals surface area contributed by atoms with Crippen LogP contribution < -0.4 is 0 Å². The number of allylic oxidation sites excluding steroid dienone is 1. The number of carbonyl (C=O) groups is 1. The summed E-state index contributed by atoms with van der Waals surface area (Å²) in [5.74, 6) is -0.300. The maximum atomic E-state index is 11.1. The second-order valence-electron chi connectivity index (χ2n) is 2.91. The first kappa shape index (κ1) is 10.5. The van der Waals surface area contributed by atoms with E-state index in [1.165, 1.54) is 13.2 Å². The molecule has 2 nitrogen and oxygen atoms in total. The van der Waals surface area contributed by atoms with E-state index >= 15 is 0 Å². The molecule has 14 heavy (non-hydrogen) atoms. The van der Waals surface area contributed by atoms with Gasteiger partial charge in [0, 0.05) is 6.08 Å². The van der Waals surface area contributed by atoms with E-state index < -0.39 is 0 Å². The number of hydrogen-bond acceptors (Lipinski definition) is 2. The van der Waals surface area contributed by atoms with Gasteiger partial charge in [-0.1, -0.05) is 37.3 Å². The monoisotopic (exact) mass is 190 g/mol. The molecule has 0 spiro atoms. The van der Waals surface area contributed by atoms with Gasteiger partial charge in [0.25, 0.3) is 0 Å². The van der Waals surface area contributed by atoms with Gasteiger partial charge < -0.3 is 4.74 Å². The Balaban J connectivity index is 2.93. The van der Waals surface area contributed by atoms with Crippen LogP contribution >= 0.6 is 0 Å². The van der Waals surface area contributed by atoms with E-state index in [4.69, 9.17) is 0 Å². The molecule has 0 atom stereocenters. The maximum Gasteiger partial charge on any atom is 0.330 e. The van der Waals surface area contributed by atoms with Crippen molar-refractivity contribution in [1.82, 2.24) is 0 Å². The molecule has 74 valence electrons. The van der Waals surface area contributed by atoms with Crippen molar-refractivity contribution >= 4 is 11.5 Å². The Morgan fingerprint density at radius 1 is 1.36 bits per heavy atom. The standard InChI is InChI=1S/C12H14O2/c1-3-10(9-12(13)14-2)11-7-5-4-6-8-11/h4-9H,3H2,1-2H3/b10-9-. The first-order chi connectivity index (χ1) is 6.77. The Labute approximate surface area is 84.2 Å². The molecule has 1 aromatic rings. The van der Waals surface area contributed by atoms with Crippen molar-refractivity contribution in [3.63, 3.8) is 0 Å². The minimum Gasteiger partial charge on any atom is -0.466 e. The molecule has 0 aliphatic heterocycles. The van der Waals surface area contributed by atoms with Crippen LogP contribution in [0.4, 0.5) is 0 Å². The summed E-state index contributed by atoms with van der Waals surface area (Å²) in [6, 6.07) is 9.83. The van der Waals surface area contributed by atoms with E-state index in [1.807, 2.05) is 37.3 Å². The molecule has 0 saturated heterocycles. The Kier molecular flexibility index (Phi) is 3.92. The lowest BCUT2D eigenvalue weighted by Crippen LogP contribution is -1.96. The zero-order valence-corrected chi connectivity index (χ0v) is 8.49. The summed E-state index contributed by atoms with van der Waals surface area (Å²) in [4.78, 5) is 11.1. The van der Waals surface area contributed by atoms with Gasteiger partial charge in [-0.2, -0.15) is 0 Å². The lowest BCUT2D eigenvalue weighted by Gasteiger charge is -2.03. The van der Waals surface area contributed by atoms with Gasteiger partial charge in [0.1, 0.15) is 0 Å². The zero-order valence-electron chi connectivity index (χ0n) is 8.49. The van der Waals surface area contributed by atoms with Crippen LogP contribution in [0.25, 0.3) is 5.57 Å². The van der Waals surface area contributed by atoms with Crippen molar-refractivity contribution in [2.75, 3.05) is 7.11 Å². The Bertz CT molecular complexity index is 325. The summed E-state index contributed by atoms with van der Waals surface area (Å²) < 4.78 is 4.59. The highest BCUT2D eigenvalue weighted by atomic mass is 16.5. The molecule has 0 bridgehead atoms. The van der Waals surface area contributed by atoms with E-state index in [9.17, 15) is 4.79 Å². The van der Waals surface area contributed by atoms with E-state index in [0.29, 0.717) is 0 Å². The van der Waals surface area contributed by atoms with Gasteiger partial charge >= 0.3 is 5.97 Å². The van der Waals surface area contributed by atoms with Crippen LogP contribution in [0.3, 0.4) is 0 Å². The number of methoxy groups -OCH3 is 1. The van der Waals surface area contributed by atoms with Gasteiger partial charge in [-0.25, -0.2) is 4.79 Å². The minimum atomic E-state index is -0.300. The maximum absolute atomic E-state index is 11.1. The molecule has 0 unspecified atom stereocenters. The number of carbonyl (C=O) groups excluding carboxylic acids is 1. The second kappa shape index (κ2) is 5.22. The van der Waals surface area contributed by atoms with Crippen LogP contribution in [0.1, 0.15) is 18.9 Å². The fourth-order valence-electron chi connectivity index (χ4n) is 1.24. The second-order valence-corrected chi connectivity index (χ2v) is 2.91. The molecule has 0 N–H and O–H groups in total. The number of hydrogen-bond donors (Lipinski definition) is 0. The fraction of sp³-hybridized carbons (Fsp3) is 0.250. The number of ether oxygens (including phenoxy) is 1. The van der Waals surface area contributed by atoms with Gasteiger partial charge in [-0.15, -0.1) is 0 Å². The van der Waals surface area contributed by atoms with Gasteiger partial charge in [-0.05, 0) is 17.6 Å². The third-order valence-corrected chi connectivity index (χ3v) is 2.02. The van der Waals surface area contributed by atoms with E-state index in [2.05, 4.69) is 4.74 Å². The van der Waals surface area contributed by atoms with Gasteiger partial charge in [0.15, 0.2) is 0 Å². The third kappa shape index (κ3) is 2.73. The largest absolute Gasteiger partial charge is 0.466 e. The zero-order chi connectivity index (χ0) is 10.4. The van der Waals surface area contributed by atoms with Crippen molar-refractivity contribution in [3.05, 3.63) is 42.0 Å². The number of esters is 1. The van der Waals surface area contributed by atoms with Crippen molar-refractivity contribution < 1.29 is 9.53 Å². The predicted octanol–water partition coefficient (Wildman–Crippen LogP) is 2.65. The van der Waals surface area contributed by atoms with Crippen molar-refractivity contribution in [3.8, 4) is 0 Å². The molecule has 0 aliphatic carbocycles. The first-order valence-electron chi connectivity index (χ1n) is 4.62. The number of benzene rings is 1. The summed E-state index contributed by atoms with van der Waals surface area (Å²) in [5, 5.41) is 0. The molecular formula is C12H14O2. The van der Waals surface area contributed by atoms with E-state index in [0.717, 1.165) is 17.6 Å². The Hall–Kier alpha value is -1.57. The third-order valence-electron chi connectivity index (χ3n) is 2.02. The smallest absolute Gasteiger partial charge is 0.330 e. The summed E-state index contributed by atoms with van der Waals surface area (Å²) in [6.45, 7) is 2.02. The normalized spacial score (nSPS) is 11.1. The molecule has 1 aromatic carbocycles. The quantitative estimate of drug-likeness (QED) is 0.541. The molecule has 0 aliphatic rings. The van der Waals surface area contributed by atoms with E-state index in [1.54, 1.807) is 0 Å². The highest BCUT2D eigenvalue weighted by Crippen LogP contribution is 2.17.